The number of hydrogen-bond acceptors (Lipinski definition) is 4. The van der Waals surface area contributed by atoms with E-state index in [-0.39, 0.29) is 0 Å². The molecule has 0 saturated heterocycles. The minimum atomic E-state index is 1.03. The molecule has 0 aliphatic heterocycles. The average Bonchev–Trinajstić information content (AvgIpc) is 2.46. The molecular formula is C16H38N4. The Morgan fingerprint density at radius 3 is 1.80 bits per heavy atom. The van der Waals surface area contributed by atoms with E-state index in [0.717, 1.165) is 32.7 Å². The summed E-state index contributed by atoms with van der Waals surface area (Å²) < 4.78 is 0. The van der Waals surface area contributed by atoms with Gasteiger partial charge in [-0.25, -0.2) is 5.01 Å². The first-order chi connectivity index (χ1) is 9.85. The topological polar surface area (TPSA) is 39.3 Å². The van der Waals surface area contributed by atoms with Gasteiger partial charge in [0.1, 0.15) is 0 Å². The van der Waals surface area contributed by atoms with Gasteiger partial charge in [0.15, 0.2) is 0 Å². The summed E-state index contributed by atoms with van der Waals surface area (Å²) in [7, 11) is 0. The van der Waals surface area contributed by atoms with Crippen LogP contribution >= 0.6 is 0 Å². The second-order valence-electron chi connectivity index (χ2n) is 5.41. The molecule has 0 spiro atoms. The Labute approximate surface area is 127 Å². The molecule has 0 bridgehead atoms. The van der Waals surface area contributed by atoms with Crippen LogP contribution in [0.25, 0.3) is 0 Å². The fourth-order valence-corrected chi connectivity index (χ4v) is 2.13. The molecule has 0 amide bonds. The summed E-state index contributed by atoms with van der Waals surface area (Å²) >= 11 is 0. The van der Waals surface area contributed by atoms with Gasteiger partial charge in [-0.2, -0.15) is 0 Å². The van der Waals surface area contributed by atoms with Crippen molar-refractivity contribution in [2.75, 3.05) is 45.8 Å². The van der Waals surface area contributed by atoms with Crippen molar-refractivity contribution >= 4 is 0 Å². The molecule has 0 rings (SSSR count). The van der Waals surface area contributed by atoms with Crippen LogP contribution in [0.4, 0.5) is 0 Å². The quantitative estimate of drug-likeness (QED) is 0.301. The minimum absolute atomic E-state index is 1.03. The van der Waals surface area contributed by atoms with Crippen LogP contribution in [0.5, 0.6) is 0 Å². The van der Waals surface area contributed by atoms with Gasteiger partial charge in [-0.1, -0.05) is 33.6 Å². The number of hydrazine groups is 1. The van der Waals surface area contributed by atoms with Gasteiger partial charge >= 0.3 is 0 Å². The van der Waals surface area contributed by atoms with Gasteiger partial charge in [0.2, 0.25) is 0 Å². The van der Waals surface area contributed by atoms with Gasteiger partial charge in [-0.05, 0) is 51.9 Å². The van der Waals surface area contributed by atoms with Crippen molar-refractivity contribution in [3.8, 4) is 0 Å². The SMILES string of the molecule is CCCCNCCCNCCCN(CCCC)NCC. The van der Waals surface area contributed by atoms with E-state index in [0.29, 0.717) is 0 Å². The van der Waals surface area contributed by atoms with Crippen LogP contribution in [-0.2, 0) is 0 Å². The van der Waals surface area contributed by atoms with Crippen LogP contribution in [0.2, 0.25) is 0 Å². The zero-order valence-electron chi connectivity index (χ0n) is 14.1. The summed E-state index contributed by atoms with van der Waals surface area (Å²) in [5.74, 6) is 0. The van der Waals surface area contributed by atoms with E-state index >= 15 is 0 Å². The molecule has 0 saturated carbocycles. The predicted molar refractivity (Wildman–Crippen MR) is 90.0 cm³/mol. The van der Waals surface area contributed by atoms with Crippen molar-refractivity contribution < 1.29 is 0 Å². The van der Waals surface area contributed by atoms with Crippen LogP contribution in [-0.4, -0.2) is 50.8 Å². The van der Waals surface area contributed by atoms with Crippen LogP contribution in [0, 0.1) is 0 Å². The average molecular weight is 287 g/mol. The molecule has 0 heterocycles. The summed E-state index contributed by atoms with van der Waals surface area (Å²) in [6.45, 7) is 14.6. The normalized spacial score (nSPS) is 11.4. The molecule has 0 aromatic rings. The highest BCUT2D eigenvalue weighted by atomic mass is 15.5. The Kier molecular flexibility index (Phi) is 16.8. The van der Waals surface area contributed by atoms with Crippen LogP contribution in [0.1, 0.15) is 59.3 Å². The third-order valence-electron chi connectivity index (χ3n) is 3.36. The molecule has 20 heavy (non-hydrogen) atoms. The Hall–Kier alpha value is -0.160. The molecular weight excluding hydrogens is 248 g/mol. The van der Waals surface area contributed by atoms with Gasteiger partial charge in [-0.15, -0.1) is 0 Å². The van der Waals surface area contributed by atoms with E-state index in [2.05, 4.69) is 41.8 Å². The molecule has 0 aromatic carbocycles. The summed E-state index contributed by atoms with van der Waals surface area (Å²) in [6, 6.07) is 0. The first-order valence-corrected chi connectivity index (χ1v) is 8.75. The summed E-state index contributed by atoms with van der Waals surface area (Å²) in [4.78, 5) is 0. The number of rotatable bonds is 16. The standard InChI is InChI=1S/C16H38N4/c1-4-7-11-17-12-9-13-18-14-10-16-20(19-6-3)15-8-5-2/h17-19H,4-16H2,1-3H3. The lowest BCUT2D eigenvalue weighted by atomic mass is 10.3. The lowest BCUT2D eigenvalue weighted by Crippen LogP contribution is -2.40. The molecule has 3 N–H and O–H groups in total. The minimum Gasteiger partial charge on any atom is -0.317 e. The molecule has 4 heteroatoms. The number of nitrogens with one attached hydrogen (secondary N) is 3. The maximum absolute atomic E-state index is 3.54. The Balaban J connectivity index is 3.27. The number of nitrogens with zero attached hydrogens (tertiary/aromatic N) is 1. The molecule has 0 aliphatic carbocycles. The molecule has 0 aromatic heterocycles. The monoisotopic (exact) mass is 286 g/mol. The predicted octanol–water partition coefficient (Wildman–Crippen LogP) is 2.37. The van der Waals surface area contributed by atoms with E-state index in [9.17, 15) is 0 Å². The highest BCUT2D eigenvalue weighted by Gasteiger charge is 2.01. The highest BCUT2D eigenvalue weighted by molar-refractivity contribution is 4.56. The van der Waals surface area contributed by atoms with E-state index in [4.69, 9.17) is 0 Å². The van der Waals surface area contributed by atoms with Crippen molar-refractivity contribution in [2.24, 2.45) is 0 Å². The molecule has 122 valence electrons. The molecule has 0 aliphatic rings. The molecule has 0 atom stereocenters. The van der Waals surface area contributed by atoms with Gasteiger partial charge in [-0.3, -0.25) is 5.43 Å². The van der Waals surface area contributed by atoms with E-state index in [1.807, 2.05) is 0 Å². The highest BCUT2D eigenvalue weighted by Crippen LogP contribution is 1.93. The third-order valence-corrected chi connectivity index (χ3v) is 3.36. The lowest BCUT2D eigenvalue weighted by molar-refractivity contribution is 0.186. The maximum atomic E-state index is 3.54. The van der Waals surface area contributed by atoms with Gasteiger partial charge in [0, 0.05) is 19.6 Å². The van der Waals surface area contributed by atoms with Crippen molar-refractivity contribution in [1.29, 1.82) is 0 Å². The Bertz CT molecular complexity index is 176. The van der Waals surface area contributed by atoms with Crippen LogP contribution < -0.4 is 16.1 Å². The summed E-state index contributed by atoms with van der Waals surface area (Å²) in [5, 5.41) is 9.39. The van der Waals surface area contributed by atoms with Crippen LogP contribution in [0.15, 0.2) is 0 Å². The van der Waals surface area contributed by atoms with Crippen molar-refractivity contribution in [1.82, 2.24) is 21.1 Å². The van der Waals surface area contributed by atoms with Crippen molar-refractivity contribution in [3.05, 3.63) is 0 Å². The first kappa shape index (κ1) is 19.8. The van der Waals surface area contributed by atoms with Gasteiger partial charge < -0.3 is 10.6 Å². The van der Waals surface area contributed by atoms with Crippen molar-refractivity contribution in [3.63, 3.8) is 0 Å². The second kappa shape index (κ2) is 16.9. The van der Waals surface area contributed by atoms with Gasteiger partial charge in [0.05, 0.1) is 0 Å². The molecule has 0 unspecified atom stereocenters. The van der Waals surface area contributed by atoms with Crippen molar-refractivity contribution in [2.45, 2.75) is 59.3 Å². The maximum Gasteiger partial charge on any atom is 0.0143 e. The molecule has 0 radical (unpaired) electrons. The fourth-order valence-electron chi connectivity index (χ4n) is 2.13. The summed E-state index contributed by atoms with van der Waals surface area (Å²) in [6.07, 6.45) is 7.59. The van der Waals surface area contributed by atoms with Gasteiger partial charge in [0.25, 0.3) is 0 Å². The first-order valence-electron chi connectivity index (χ1n) is 8.75. The van der Waals surface area contributed by atoms with E-state index in [1.165, 1.54) is 51.6 Å². The Morgan fingerprint density at radius 2 is 1.20 bits per heavy atom. The second-order valence-corrected chi connectivity index (χ2v) is 5.41. The fraction of sp³-hybridized carbons (Fsp3) is 1.00. The van der Waals surface area contributed by atoms with E-state index in [1.54, 1.807) is 0 Å². The third kappa shape index (κ3) is 14.3. The zero-order chi connectivity index (χ0) is 14.9. The largest absolute Gasteiger partial charge is 0.317 e. The smallest absolute Gasteiger partial charge is 0.0143 e. The van der Waals surface area contributed by atoms with E-state index < -0.39 is 0 Å². The van der Waals surface area contributed by atoms with Crippen LogP contribution in [0.3, 0.4) is 0 Å². The number of hydrogen-bond donors (Lipinski definition) is 3. The summed E-state index contributed by atoms with van der Waals surface area (Å²) in [5.41, 5.74) is 3.44. The lowest BCUT2D eigenvalue weighted by Gasteiger charge is -2.22. The molecule has 0 fully saturated rings. The zero-order valence-corrected chi connectivity index (χ0v) is 14.1. The molecule has 4 nitrogen and oxygen atoms in total. The number of unbranched alkanes of at least 4 members (excludes halogenated alkanes) is 2. The Morgan fingerprint density at radius 1 is 0.650 bits per heavy atom.